The molecule has 0 aliphatic carbocycles. The van der Waals surface area contributed by atoms with Gasteiger partial charge in [-0.15, -0.1) is 0 Å². The van der Waals surface area contributed by atoms with Gasteiger partial charge >= 0.3 is 11.9 Å². The number of nitrogens with two attached hydrogens (primary N) is 1. The van der Waals surface area contributed by atoms with Crippen LogP contribution in [0.25, 0.3) is 0 Å². The van der Waals surface area contributed by atoms with Crippen LogP contribution in [0.4, 0.5) is 0 Å². The van der Waals surface area contributed by atoms with E-state index in [1.54, 1.807) is 0 Å². The highest BCUT2D eigenvalue weighted by Gasteiger charge is 2.23. The Morgan fingerprint density at radius 1 is 1.21 bits per heavy atom. The SMILES string of the molecule is CC(NC(CCC(N)=O)C(=O)O)C(=O)NCC(=O)O. The minimum Gasteiger partial charge on any atom is -0.480 e. The number of rotatable bonds is 9. The second kappa shape index (κ2) is 8.03. The van der Waals surface area contributed by atoms with Crippen LogP contribution in [0.3, 0.4) is 0 Å². The Balaban J connectivity index is 4.33. The number of carbonyl (C=O) groups is 4. The van der Waals surface area contributed by atoms with Gasteiger partial charge in [-0.1, -0.05) is 0 Å². The number of carbonyl (C=O) groups excluding carboxylic acids is 2. The maximum absolute atomic E-state index is 11.4. The number of nitrogens with one attached hydrogen (secondary N) is 2. The maximum Gasteiger partial charge on any atom is 0.322 e. The van der Waals surface area contributed by atoms with Crippen LogP contribution < -0.4 is 16.4 Å². The Hall–Kier alpha value is -2.16. The van der Waals surface area contributed by atoms with Gasteiger partial charge in [0.2, 0.25) is 11.8 Å². The molecule has 2 amide bonds. The van der Waals surface area contributed by atoms with Gasteiger partial charge in [0.05, 0.1) is 6.04 Å². The van der Waals surface area contributed by atoms with Crippen LogP contribution in [0, 0.1) is 0 Å². The summed E-state index contributed by atoms with van der Waals surface area (Å²) in [7, 11) is 0. The van der Waals surface area contributed by atoms with E-state index in [9.17, 15) is 19.2 Å². The van der Waals surface area contributed by atoms with Crippen molar-refractivity contribution in [1.29, 1.82) is 0 Å². The van der Waals surface area contributed by atoms with Crippen LogP contribution in [0.2, 0.25) is 0 Å². The van der Waals surface area contributed by atoms with Gasteiger partial charge in [-0.2, -0.15) is 0 Å². The summed E-state index contributed by atoms with van der Waals surface area (Å²) in [5.41, 5.74) is 4.91. The fourth-order valence-electron chi connectivity index (χ4n) is 1.26. The lowest BCUT2D eigenvalue weighted by Gasteiger charge is -2.19. The van der Waals surface area contributed by atoms with Crippen molar-refractivity contribution in [3.8, 4) is 0 Å². The molecule has 0 spiro atoms. The molecule has 0 heterocycles. The minimum atomic E-state index is -1.22. The monoisotopic (exact) mass is 275 g/mol. The van der Waals surface area contributed by atoms with E-state index >= 15 is 0 Å². The fraction of sp³-hybridized carbons (Fsp3) is 0.600. The van der Waals surface area contributed by atoms with Gasteiger partial charge in [0, 0.05) is 6.42 Å². The molecular weight excluding hydrogens is 258 g/mol. The van der Waals surface area contributed by atoms with E-state index in [1.807, 2.05) is 0 Å². The first-order valence-corrected chi connectivity index (χ1v) is 5.50. The molecule has 0 saturated heterocycles. The van der Waals surface area contributed by atoms with Gasteiger partial charge < -0.3 is 21.3 Å². The van der Waals surface area contributed by atoms with Crippen molar-refractivity contribution in [3.05, 3.63) is 0 Å². The molecule has 0 bridgehead atoms. The second-order valence-electron chi connectivity index (χ2n) is 3.90. The average molecular weight is 275 g/mol. The molecule has 0 fully saturated rings. The van der Waals surface area contributed by atoms with Crippen LogP contribution in [-0.4, -0.2) is 52.6 Å². The molecule has 2 unspecified atom stereocenters. The van der Waals surface area contributed by atoms with E-state index in [0.717, 1.165) is 0 Å². The molecule has 9 nitrogen and oxygen atoms in total. The standard InChI is InChI=1S/C10H17N3O6/c1-5(9(17)12-4-8(15)16)13-6(10(18)19)2-3-7(11)14/h5-6,13H,2-4H2,1H3,(H2,11,14)(H,12,17)(H,15,16)(H,18,19). The van der Waals surface area contributed by atoms with E-state index in [4.69, 9.17) is 15.9 Å². The Morgan fingerprint density at radius 2 is 1.79 bits per heavy atom. The number of carboxylic acids is 2. The van der Waals surface area contributed by atoms with E-state index < -0.39 is 42.4 Å². The van der Waals surface area contributed by atoms with Gasteiger partial charge in [0.25, 0.3) is 0 Å². The number of amides is 2. The topological polar surface area (TPSA) is 159 Å². The second-order valence-corrected chi connectivity index (χ2v) is 3.90. The normalized spacial score (nSPS) is 13.3. The minimum absolute atomic E-state index is 0.0543. The first-order valence-electron chi connectivity index (χ1n) is 5.50. The fourth-order valence-corrected chi connectivity index (χ4v) is 1.26. The largest absolute Gasteiger partial charge is 0.480 e. The number of hydrogen-bond acceptors (Lipinski definition) is 5. The third-order valence-electron chi connectivity index (χ3n) is 2.24. The quantitative estimate of drug-likeness (QED) is 0.322. The Labute approximate surface area is 109 Å². The molecule has 19 heavy (non-hydrogen) atoms. The molecule has 0 aliphatic rings. The molecule has 0 aromatic heterocycles. The molecule has 6 N–H and O–H groups in total. The van der Waals surface area contributed by atoms with Gasteiger partial charge in [0.15, 0.2) is 0 Å². The Kier molecular flexibility index (Phi) is 7.12. The predicted molar refractivity (Wildman–Crippen MR) is 63.1 cm³/mol. The van der Waals surface area contributed by atoms with E-state index in [0.29, 0.717) is 0 Å². The van der Waals surface area contributed by atoms with Crippen LogP contribution in [0.5, 0.6) is 0 Å². The Morgan fingerprint density at radius 3 is 2.21 bits per heavy atom. The van der Waals surface area contributed by atoms with E-state index in [-0.39, 0.29) is 12.8 Å². The molecule has 9 heteroatoms. The van der Waals surface area contributed by atoms with Gasteiger partial charge in [-0.25, -0.2) is 0 Å². The van der Waals surface area contributed by atoms with Gasteiger partial charge in [-0.05, 0) is 13.3 Å². The highest BCUT2D eigenvalue weighted by atomic mass is 16.4. The van der Waals surface area contributed by atoms with E-state index in [2.05, 4.69) is 10.6 Å². The molecule has 0 radical (unpaired) electrons. The van der Waals surface area contributed by atoms with Crippen LogP contribution in [0.15, 0.2) is 0 Å². The first-order chi connectivity index (χ1) is 8.73. The van der Waals surface area contributed by atoms with Crippen LogP contribution >= 0.6 is 0 Å². The summed E-state index contributed by atoms with van der Waals surface area (Å²) in [6, 6.07) is -2.02. The lowest BCUT2D eigenvalue weighted by atomic mass is 10.1. The number of carboxylic acid groups (broad SMARTS) is 2. The van der Waals surface area contributed by atoms with Crippen LogP contribution in [0.1, 0.15) is 19.8 Å². The third-order valence-corrected chi connectivity index (χ3v) is 2.24. The molecule has 0 aromatic carbocycles. The summed E-state index contributed by atoms with van der Waals surface area (Å²) < 4.78 is 0. The highest BCUT2D eigenvalue weighted by molar-refractivity contribution is 5.85. The molecular formula is C10H17N3O6. The number of hydrogen-bond donors (Lipinski definition) is 5. The molecule has 0 saturated carbocycles. The van der Waals surface area contributed by atoms with Crippen molar-refractivity contribution < 1.29 is 29.4 Å². The molecule has 2 atom stereocenters. The van der Waals surface area contributed by atoms with Crippen molar-refractivity contribution in [1.82, 2.24) is 10.6 Å². The zero-order valence-electron chi connectivity index (χ0n) is 10.4. The van der Waals surface area contributed by atoms with Gasteiger partial charge in [-0.3, -0.25) is 24.5 Å². The van der Waals surface area contributed by atoms with Crippen molar-refractivity contribution in [2.45, 2.75) is 31.8 Å². The lowest BCUT2D eigenvalue weighted by molar-refractivity contribution is -0.141. The summed E-state index contributed by atoms with van der Waals surface area (Å²) in [5, 5.41) is 21.9. The predicted octanol–water partition coefficient (Wildman–Crippen LogP) is -2.12. The number of primary amides is 1. The summed E-state index contributed by atoms with van der Waals surface area (Å²) >= 11 is 0. The van der Waals surface area contributed by atoms with Gasteiger partial charge in [0.1, 0.15) is 12.6 Å². The highest BCUT2D eigenvalue weighted by Crippen LogP contribution is 1.99. The zero-order valence-corrected chi connectivity index (χ0v) is 10.4. The molecule has 0 rings (SSSR count). The summed E-state index contributed by atoms with van der Waals surface area (Å²) in [4.78, 5) is 43.2. The molecule has 108 valence electrons. The summed E-state index contributed by atoms with van der Waals surface area (Å²) in [6.07, 6.45) is -0.186. The lowest BCUT2D eigenvalue weighted by Crippen LogP contribution is -2.50. The first kappa shape index (κ1) is 16.8. The maximum atomic E-state index is 11.4. The number of aliphatic carboxylic acids is 2. The third kappa shape index (κ3) is 7.71. The molecule has 0 aliphatic heterocycles. The van der Waals surface area contributed by atoms with Crippen molar-refractivity contribution >= 4 is 23.8 Å². The summed E-state index contributed by atoms with van der Waals surface area (Å²) in [5.74, 6) is -3.72. The van der Waals surface area contributed by atoms with Crippen molar-refractivity contribution in [2.24, 2.45) is 5.73 Å². The van der Waals surface area contributed by atoms with E-state index in [1.165, 1.54) is 6.92 Å². The smallest absolute Gasteiger partial charge is 0.322 e. The zero-order chi connectivity index (χ0) is 15.0. The van der Waals surface area contributed by atoms with Crippen LogP contribution in [-0.2, 0) is 19.2 Å². The van der Waals surface area contributed by atoms with Crippen molar-refractivity contribution in [2.75, 3.05) is 6.54 Å². The van der Waals surface area contributed by atoms with Crippen molar-refractivity contribution in [3.63, 3.8) is 0 Å². The Bertz CT molecular complexity index is 370. The summed E-state index contributed by atoms with van der Waals surface area (Å²) in [6.45, 7) is 0.835. The molecule has 0 aromatic rings. The average Bonchev–Trinajstić information content (AvgIpc) is 2.30.